The molecule has 2 atom stereocenters. The first-order valence-electron chi connectivity index (χ1n) is 7.60. The third-order valence-electron chi connectivity index (χ3n) is 4.11. The first-order valence-corrected chi connectivity index (χ1v) is 9.14. The summed E-state index contributed by atoms with van der Waals surface area (Å²) >= 11 is 0. The van der Waals surface area contributed by atoms with Crippen LogP contribution >= 0.6 is 0 Å². The van der Waals surface area contributed by atoms with Crippen LogP contribution in [0.3, 0.4) is 0 Å². The molecule has 1 aromatic rings. The average Bonchev–Trinajstić information content (AvgIpc) is 2.79. The molecule has 1 unspecified atom stereocenters. The second-order valence-corrected chi connectivity index (χ2v) is 7.95. The summed E-state index contributed by atoms with van der Waals surface area (Å²) in [7, 11) is -2.37. The van der Waals surface area contributed by atoms with Crippen molar-refractivity contribution in [3.05, 3.63) is 35.9 Å². The maximum atomic E-state index is 12.7. The molecule has 0 spiro atoms. The molecule has 23 heavy (non-hydrogen) atoms. The van der Waals surface area contributed by atoms with Gasteiger partial charge in [-0.15, -0.1) is 0 Å². The normalized spacial score (nSPS) is 19.9. The molecule has 126 valence electrons. The quantitative estimate of drug-likeness (QED) is 0.881. The van der Waals surface area contributed by atoms with Crippen LogP contribution in [-0.2, 0) is 19.6 Å². The number of likely N-dealkylation sites (tertiary alicyclic amines) is 1. The Labute approximate surface area is 136 Å². The molecule has 1 fully saturated rings. The molecule has 0 saturated carbocycles. The molecule has 1 heterocycles. The van der Waals surface area contributed by atoms with E-state index in [-0.39, 0.29) is 18.2 Å². The number of nitrogens with one attached hydrogen (secondary N) is 1. The predicted molar refractivity (Wildman–Crippen MR) is 86.9 cm³/mol. The molecule has 6 nitrogen and oxygen atoms in total. The van der Waals surface area contributed by atoms with Crippen molar-refractivity contribution >= 4 is 21.8 Å². The van der Waals surface area contributed by atoms with E-state index in [0.717, 1.165) is 0 Å². The zero-order valence-electron chi connectivity index (χ0n) is 13.5. The van der Waals surface area contributed by atoms with Gasteiger partial charge >= 0.3 is 0 Å². The number of rotatable bonds is 5. The summed E-state index contributed by atoms with van der Waals surface area (Å²) in [5, 5.41) is -0.824. The predicted octanol–water partition coefficient (Wildman–Crippen LogP) is 1.45. The molecular formula is C16H22N2O4S. The van der Waals surface area contributed by atoms with Crippen LogP contribution in [0.2, 0.25) is 0 Å². The van der Waals surface area contributed by atoms with Crippen LogP contribution in [0.5, 0.6) is 0 Å². The zero-order chi connectivity index (χ0) is 17.2. The molecule has 2 rings (SSSR count). The lowest BCUT2D eigenvalue weighted by Crippen LogP contribution is -2.46. The van der Waals surface area contributed by atoms with E-state index in [2.05, 4.69) is 4.72 Å². The van der Waals surface area contributed by atoms with Gasteiger partial charge in [0.2, 0.25) is 15.9 Å². The average molecular weight is 338 g/mol. The smallest absolute Gasteiger partial charge is 0.256 e. The molecule has 2 amide bonds. The highest BCUT2D eigenvalue weighted by molar-refractivity contribution is 7.90. The van der Waals surface area contributed by atoms with Crippen LogP contribution < -0.4 is 4.72 Å². The van der Waals surface area contributed by atoms with E-state index in [1.54, 1.807) is 38.1 Å². The van der Waals surface area contributed by atoms with Crippen LogP contribution in [0, 0.1) is 5.92 Å². The topological polar surface area (TPSA) is 83.5 Å². The van der Waals surface area contributed by atoms with Crippen molar-refractivity contribution in [2.75, 3.05) is 7.05 Å². The van der Waals surface area contributed by atoms with Crippen LogP contribution in [0.4, 0.5) is 0 Å². The number of benzene rings is 1. The number of sulfonamides is 1. The van der Waals surface area contributed by atoms with Crippen LogP contribution in [0.25, 0.3) is 0 Å². The summed E-state index contributed by atoms with van der Waals surface area (Å²) in [5.74, 6) is -0.989. The van der Waals surface area contributed by atoms with Crippen molar-refractivity contribution in [3.8, 4) is 0 Å². The number of carbonyl (C=O) groups excluding carboxylic acids is 2. The highest BCUT2D eigenvalue weighted by Gasteiger charge is 2.38. The van der Waals surface area contributed by atoms with Gasteiger partial charge in [0.1, 0.15) is 11.3 Å². The van der Waals surface area contributed by atoms with Gasteiger partial charge in [0.25, 0.3) is 5.91 Å². The SMILES string of the molecule is CC(C)C(c1ccccc1)S(=O)(=O)NC(=O)[C@H]1CCC(=O)N1C. The molecule has 1 saturated heterocycles. The van der Waals surface area contributed by atoms with Gasteiger partial charge < -0.3 is 4.90 Å². The molecule has 7 heteroatoms. The van der Waals surface area contributed by atoms with Crippen molar-refractivity contribution in [2.45, 2.75) is 38.0 Å². The first-order chi connectivity index (χ1) is 10.7. The van der Waals surface area contributed by atoms with Crippen molar-refractivity contribution in [3.63, 3.8) is 0 Å². The van der Waals surface area contributed by atoms with Crippen molar-refractivity contribution < 1.29 is 18.0 Å². The zero-order valence-corrected chi connectivity index (χ0v) is 14.3. The molecule has 1 N–H and O–H groups in total. The Hall–Kier alpha value is -1.89. The Morgan fingerprint density at radius 1 is 1.26 bits per heavy atom. The van der Waals surface area contributed by atoms with Gasteiger partial charge in [-0.3, -0.25) is 14.3 Å². The minimum Gasteiger partial charge on any atom is -0.334 e. The number of hydrogen-bond donors (Lipinski definition) is 1. The van der Waals surface area contributed by atoms with E-state index in [4.69, 9.17) is 0 Å². The fourth-order valence-electron chi connectivity index (χ4n) is 2.95. The highest BCUT2D eigenvalue weighted by Crippen LogP contribution is 2.29. The molecule has 1 aliphatic heterocycles. The number of amides is 2. The lowest BCUT2D eigenvalue weighted by Gasteiger charge is -2.24. The van der Waals surface area contributed by atoms with Gasteiger partial charge in [0, 0.05) is 13.5 Å². The maximum absolute atomic E-state index is 12.7. The lowest BCUT2D eigenvalue weighted by atomic mass is 10.0. The second-order valence-electron chi connectivity index (χ2n) is 6.15. The maximum Gasteiger partial charge on any atom is 0.256 e. The summed E-state index contributed by atoms with van der Waals surface area (Å²) in [5.41, 5.74) is 0.638. The van der Waals surface area contributed by atoms with Crippen LogP contribution in [0.15, 0.2) is 30.3 Å². The van der Waals surface area contributed by atoms with Crippen molar-refractivity contribution in [1.29, 1.82) is 0 Å². The van der Waals surface area contributed by atoms with E-state index < -0.39 is 27.2 Å². The van der Waals surface area contributed by atoms with E-state index in [1.165, 1.54) is 11.9 Å². The summed E-state index contributed by atoms with van der Waals surface area (Å²) in [6.45, 7) is 3.60. The standard InChI is InChI=1S/C16H22N2O4S/c1-11(2)15(12-7-5-4-6-8-12)23(21,22)17-16(20)13-9-10-14(19)18(13)3/h4-8,11,13,15H,9-10H2,1-3H3,(H,17,20)/t13-,15?/m1/s1. The van der Waals surface area contributed by atoms with Gasteiger partial charge in [-0.25, -0.2) is 8.42 Å². The summed E-state index contributed by atoms with van der Waals surface area (Å²) in [4.78, 5) is 25.1. The Morgan fingerprint density at radius 3 is 2.35 bits per heavy atom. The van der Waals surface area contributed by atoms with E-state index >= 15 is 0 Å². The van der Waals surface area contributed by atoms with E-state index in [0.29, 0.717) is 12.0 Å². The third-order valence-corrected chi connectivity index (χ3v) is 6.08. The van der Waals surface area contributed by atoms with Gasteiger partial charge in [-0.05, 0) is 17.9 Å². The Bertz CT molecular complexity index is 685. The highest BCUT2D eigenvalue weighted by atomic mass is 32.2. The van der Waals surface area contributed by atoms with Gasteiger partial charge in [0.15, 0.2) is 0 Å². The van der Waals surface area contributed by atoms with Gasteiger partial charge in [-0.1, -0.05) is 44.2 Å². The largest absolute Gasteiger partial charge is 0.334 e. The summed E-state index contributed by atoms with van der Waals surface area (Å²) in [6, 6.07) is 8.10. The van der Waals surface area contributed by atoms with Gasteiger partial charge in [-0.2, -0.15) is 0 Å². The van der Waals surface area contributed by atoms with Gasteiger partial charge in [0.05, 0.1) is 0 Å². The Kier molecular flexibility index (Phi) is 5.09. The van der Waals surface area contributed by atoms with Crippen LogP contribution in [-0.4, -0.2) is 38.2 Å². The first kappa shape index (κ1) is 17.5. The van der Waals surface area contributed by atoms with E-state index in [9.17, 15) is 18.0 Å². The summed E-state index contributed by atoms with van der Waals surface area (Å²) < 4.78 is 27.6. The van der Waals surface area contributed by atoms with Crippen molar-refractivity contribution in [2.24, 2.45) is 5.92 Å². The molecular weight excluding hydrogens is 316 g/mol. The Morgan fingerprint density at radius 2 is 1.87 bits per heavy atom. The summed E-state index contributed by atoms with van der Waals surface area (Å²) in [6.07, 6.45) is 0.606. The number of hydrogen-bond acceptors (Lipinski definition) is 4. The number of nitrogens with zero attached hydrogens (tertiary/aromatic N) is 1. The Balaban J connectivity index is 2.22. The monoisotopic (exact) mass is 338 g/mol. The molecule has 1 aromatic carbocycles. The van der Waals surface area contributed by atoms with Crippen molar-refractivity contribution in [1.82, 2.24) is 9.62 Å². The molecule has 0 aliphatic carbocycles. The third kappa shape index (κ3) is 3.72. The molecule has 0 bridgehead atoms. The number of carbonyl (C=O) groups is 2. The fraction of sp³-hybridized carbons (Fsp3) is 0.500. The number of likely N-dealkylation sites (N-methyl/N-ethyl adjacent to an activating group) is 1. The minimum atomic E-state index is -3.89. The molecule has 1 aliphatic rings. The minimum absolute atomic E-state index is 0.147. The van der Waals surface area contributed by atoms with Crippen LogP contribution in [0.1, 0.15) is 37.5 Å². The second kappa shape index (κ2) is 6.70. The molecule has 0 radical (unpaired) electrons. The lowest BCUT2D eigenvalue weighted by molar-refractivity contribution is -0.133. The fourth-order valence-corrected chi connectivity index (χ4v) is 4.72. The van der Waals surface area contributed by atoms with E-state index in [1.807, 2.05) is 6.07 Å². The molecule has 0 aromatic heterocycles.